The van der Waals surface area contributed by atoms with Crippen LogP contribution in [0, 0.1) is 0 Å². The van der Waals surface area contributed by atoms with Gasteiger partial charge in [-0.1, -0.05) is 30.3 Å². The van der Waals surface area contributed by atoms with Crippen LogP contribution in [0.15, 0.2) is 30.3 Å². The van der Waals surface area contributed by atoms with Crippen molar-refractivity contribution in [2.24, 2.45) is 0 Å². The van der Waals surface area contributed by atoms with Crippen molar-refractivity contribution in [1.29, 1.82) is 0 Å². The number of aliphatic carboxylic acids is 1. The first-order valence-electron chi connectivity index (χ1n) is 7.23. The van der Waals surface area contributed by atoms with Gasteiger partial charge in [0.05, 0.1) is 12.2 Å². The Morgan fingerprint density at radius 2 is 2.00 bits per heavy atom. The van der Waals surface area contributed by atoms with Crippen LogP contribution in [0.4, 0.5) is 0 Å². The molecule has 0 amide bonds. The Morgan fingerprint density at radius 1 is 1.35 bits per heavy atom. The molecular formula is C16H23NO3. The summed E-state index contributed by atoms with van der Waals surface area (Å²) < 4.78 is 5.69. The number of carboxylic acid groups (broad SMARTS) is 1. The quantitative estimate of drug-likeness (QED) is 0.802. The molecule has 0 unspecified atom stereocenters. The molecule has 20 heavy (non-hydrogen) atoms. The lowest BCUT2D eigenvalue weighted by molar-refractivity contribution is -0.140. The Hall–Kier alpha value is -1.39. The molecule has 1 fully saturated rings. The Morgan fingerprint density at radius 3 is 2.55 bits per heavy atom. The summed E-state index contributed by atoms with van der Waals surface area (Å²) in [4.78, 5) is 11.3. The molecule has 1 aromatic carbocycles. The summed E-state index contributed by atoms with van der Waals surface area (Å²) in [5, 5.41) is 12.5. The molecule has 110 valence electrons. The van der Waals surface area contributed by atoms with Gasteiger partial charge in [-0.25, -0.2) is 0 Å². The maximum atomic E-state index is 11.3. The lowest BCUT2D eigenvalue weighted by atomic mass is 9.88. The molecule has 4 nitrogen and oxygen atoms in total. The van der Waals surface area contributed by atoms with E-state index in [1.54, 1.807) is 0 Å². The van der Waals surface area contributed by atoms with Gasteiger partial charge in [-0.05, 0) is 38.7 Å². The molecule has 1 atom stereocenters. The van der Waals surface area contributed by atoms with E-state index in [4.69, 9.17) is 4.74 Å². The molecule has 0 saturated heterocycles. The van der Waals surface area contributed by atoms with Crippen molar-refractivity contribution in [3.8, 4) is 0 Å². The zero-order valence-corrected chi connectivity index (χ0v) is 12.1. The van der Waals surface area contributed by atoms with E-state index in [-0.39, 0.29) is 18.2 Å². The average molecular weight is 277 g/mol. The molecule has 2 rings (SSSR count). The van der Waals surface area contributed by atoms with Gasteiger partial charge >= 0.3 is 5.97 Å². The fourth-order valence-corrected chi connectivity index (χ4v) is 2.55. The Balaban J connectivity index is 1.81. The molecule has 0 spiro atoms. The molecule has 2 N–H and O–H groups in total. The van der Waals surface area contributed by atoms with Crippen molar-refractivity contribution in [2.75, 3.05) is 0 Å². The number of nitrogens with one attached hydrogen (secondary N) is 1. The second kappa shape index (κ2) is 6.86. The number of hydrogen-bond acceptors (Lipinski definition) is 3. The van der Waals surface area contributed by atoms with Crippen molar-refractivity contribution < 1.29 is 14.6 Å². The van der Waals surface area contributed by atoms with Gasteiger partial charge in [-0.2, -0.15) is 0 Å². The fourth-order valence-electron chi connectivity index (χ4n) is 2.55. The lowest BCUT2D eigenvalue weighted by Gasteiger charge is -2.38. The van der Waals surface area contributed by atoms with E-state index in [9.17, 15) is 9.90 Å². The predicted molar refractivity (Wildman–Crippen MR) is 77.7 cm³/mol. The van der Waals surface area contributed by atoms with Gasteiger partial charge in [-0.15, -0.1) is 0 Å². The molecule has 1 aliphatic rings. The van der Waals surface area contributed by atoms with Crippen LogP contribution in [0.5, 0.6) is 0 Å². The molecule has 0 bridgehead atoms. The van der Waals surface area contributed by atoms with Crippen molar-refractivity contribution >= 4 is 5.97 Å². The molecule has 0 aromatic heterocycles. The monoisotopic (exact) mass is 277 g/mol. The minimum atomic E-state index is -0.790. The third-order valence-electron chi connectivity index (χ3n) is 3.58. The normalized spacial score (nSPS) is 23.4. The highest BCUT2D eigenvalue weighted by Gasteiger charge is 2.33. The maximum Gasteiger partial charge on any atom is 0.321 e. The molecular weight excluding hydrogens is 254 g/mol. The second-order valence-corrected chi connectivity index (χ2v) is 5.72. The van der Waals surface area contributed by atoms with Crippen LogP contribution >= 0.6 is 0 Å². The van der Waals surface area contributed by atoms with Crippen LogP contribution in [0.25, 0.3) is 0 Å². The first kappa shape index (κ1) is 15.0. The zero-order valence-electron chi connectivity index (χ0n) is 12.1. The Labute approximate surface area is 120 Å². The molecule has 0 heterocycles. The van der Waals surface area contributed by atoms with Crippen molar-refractivity contribution in [3.05, 3.63) is 35.9 Å². The summed E-state index contributed by atoms with van der Waals surface area (Å²) in [7, 11) is 0. The van der Waals surface area contributed by atoms with Crippen LogP contribution in [0.1, 0.15) is 32.3 Å². The summed E-state index contributed by atoms with van der Waals surface area (Å²) in [6.45, 7) is 4.05. The van der Waals surface area contributed by atoms with Crippen LogP contribution in [0.2, 0.25) is 0 Å². The Bertz CT molecular complexity index is 427. The van der Waals surface area contributed by atoms with Gasteiger partial charge in [-0.3, -0.25) is 4.79 Å². The second-order valence-electron chi connectivity index (χ2n) is 5.72. The van der Waals surface area contributed by atoms with E-state index in [1.165, 1.54) is 0 Å². The van der Waals surface area contributed by atoms with Crippen molar-refractivity contribution in [1.82, 2.24) is 5.32 Å². The van der Waals surface area contributed by atoms with Gasteiger partial charge < -0.3 is 15.2 Å². The van der Waals surface area contributed by atoms with Crippen LogP contribution in [-0.4, -0.2) is 35.4 Å². The summed E-state index contributed by atoms with van der Waals surface area (Å²) in [6.07, 6.45) is 2.83. The topological polar surface area (TPSA) is 58.6 Å². The number of benzene rings is 1. The average Bonchev–Trinajstić information content (AvgIpc) is 2.35. The molecule has 4 heteroatoms. The van der Waals surface area contributed by atoms with Crippen LogP contribution in [-0.2, 0) is 16.0 Å². The van der Waals surface area contributed by atoms with Crippen molar-refractivity contribution in [3.63, 3.8) is 0 Å². The summed E-state index contributed by atoms with van der Waals surface area (Å²) in [5.41, 5.74) is 1.04. The number of ether oxygens (including phenoxy) is 1. The zero-order chi connectivity index (χ0) is 14.5. The number of carboxylic acids is 1. The summed E-state index contributed by atoms with van der Waals surface area (Å²) in [5.74, 6) is -0.790. The van der Waals surface area contributed by atoms with Gasteiger partial charge in [0, 0.05) is 6.04 Å². The van der Waals surface area contributed by atoms with E-state index >= 15 is 0 Å². The number of carbonyl (C=O) groups is 1. The highest BCUT2D eigenvalue weighted by Crippen LogP contribution is 2.25. The third kappa shape index (κ3) is 4.32. The third-order valence-corrected chi connectivity index (χ3v) is 3.58. The molecule has 0 radical (unpaired) electrons. The first-order valence-corrected chi connectivity index (χ1v) is 7.23. The summed E-state index contributed by atoms with van der Waals surface area (Å²) in [6, 6.07) is 9.46. The standard InChI is InChI=1S/C16H23NO3/c1-11(2)20-14-9-13(10-14)17-15(16(18)19)8-12-6-4-3-5-7-12/h3-7,11,13-15,17H,8-10H2,1-2H3,(H,18,19)/t13?,14?,15-/m0/s1. The molecule has 1 aliphatic carbocycles. The van der Waals surface area contributed by atoms with Crippen LogP contribution < -0.4 is 5.32 Å². The smallest absolute Gasteiger partial charge is 0.321 e. The van der Waals surface area contributed by atoms with E-state index in [0.29, 0.717) is 6.42 Å². The van der Waals surface area contributed by atoms with Crippen LogP contribution in [0.3, 0.4) is 0 Å². The largest absolute Gasteiger partial charge is 0.480 e. The summed E-state index contributed by atoms with van der Waals surface area (Å²) >= 11 is 0. The van der Waals surface area contributed by atoms with Crippen molar-refractivity contribution in [2.45, 2.75) is 57.4 Å². The lowest BCUT2D eigenvalue weighted by Crippen LogP contribution is -2.52. The van der Waals surface area contributed by atoms with Gasteiger partial charge in [0.1, 0.15) is 6.04 Å². The van der Waals surface area contributed by atoms with Gasteiger partial charge in [0.15, 0.2) is 0 Å². The fraction of sp³-hybridized carbons (Fsp3) is 0.562. The van der Waals surface area contributed by atoms with E-state index in [2.05, 4.69) is 5.32 Å². The Kier molecular flexibility index (Phi) is 5.15. The minimum Gasteiger partial charge on any atom is -0.480 e. The van der Waals surface area contributed by atoms with E-state index < -0.39 is 12.0 Å². The maximum absolute atomic E-state index is 11.3. The highest BCUT2D eigenvalue weighted by atomic mass is 16.5. The van der Waals surface area contributed by atoms with Gasteiger partial charge in [0.2, 0.25) is 0 Å². The first-order chi connectivity index (χ1) is 9.54. The highest BCUT2D eigenvalue weighted by molar-refractivity contribution is 5.74. The number of hydrogen-bond donors (Lipinski definition) is 2. The molecule has 0 aliphatic heterocycles. The van der Waals surface area contributed by atoms with E-state index in [1.807, 2.05) is 44.2 Å². The van der Waals surface area contributed by atoms with Gasteiger partial charge in [0.25, 0.3) is 0 Å². The predicted octanol–water partition coefficient (Wildman–Crippen LogP) is 2.23. The SMILES string of the molecule is CC(C)OC1CC(N[C@@H](Cc2ccccc2)C(=O)O)C1. The number of rotatable bonds is 7. The minimum absolute atomic E-state index is 0.237. The van der Waals surface area contributed by atoms with E-state index in [0.717, 1.165) is 18.4 Å². The molecule has 1 aromatic rings. The molecule has 1 saturated carbocycles.